The zero-order chi connectivity index (χ0) is 19.8. The summed E-state index contributed by atoms with van der Waals surface area (Å²) in [6, 6.07) is 11.0. The number of benzene rings is 2. The number of nitrogens with zero attached hydrogens (tertiary/aromatic N) is 1. The first-order valence-electron chi connectivity index (χ1n) is 8.26. The summed E-state index contributed by atoms with van der Waals surface area (Å²) in [4.78, 5) is 24.4. The Balaban J connectivity index is 2.21. The van der Waals surface area contributed by atoms with E-state index in [1.165, 1.54) is 35.8 Å². The SMILES string of the molecule is CC(C)[C@H]1C(=O)Nc2cc(C(=O)NO)ccc2N1S(=O)(=O)c1ccccc1. The van der Waals surface area contributed by atoms with E-state index in [-0.39, 0.29) is 27.8 Å². The second-order valence-electron chi connectivity index (χ2n) is 6.46. The number of hydrogen-bond acceptors (Lipinski definition) is 5. The molecule has 142 valence electrons. The maximum atomic E-state index is 13.3. The van der Waals surface area contributed by atoms with Crippen LogP contribution in [0.3, 0.4) is 0 Å². The van der Waals surface area contributed by atoms with Gasteiger partial charge in [-0.05, 0) is 36.2 Å². The Kier molecular flexibility index (Phi) is 4.90. The van der Waals surface area contributed by atoms with Crippen LogP contribution in [0.4, 0.5) is 11.4 Å². The van der Waals surface area contributed by atoms with Crippen LogP contribution in [0.5, 0.6) is 0 Å². The molecule has 2 aromatic rings. The average molecular weight is 389 g/mol. The van der Waals surface area contributed by atoms with Crippen molar-refractivity contribution in [3.63, 3.8) is 0 Å². The molecule has 0 spiro atoms. The van der Waals surface area contributed by atoms with Crippen molar-refractivity contribution in [1.82, 2.24) is 5.48 Å². The summed E-state index contributed by atoms with van der Waals surface area (Å²) in [5, 5.41) is 11.5. The Labute approximate surface area is 156 Å². The van der Waals surface area contributed by atoms with Crippen LogP contribution in [-0.2, 0) is 14.8 Å². The fourth-order valence-corrected chi connectivity index (χ4v) is 4.84. The molecule has 0 aromatic heterocycles. The number of amides is 2. The molecule has 8 nitrogen and oxygen atoms in total. The highest BCUT2D eigenvalue weighted by Gasteiger charge is 2.42. The summed E-state index contributed by atoms with van der Waals surface area (Å²) >= 11 is 0. The van der Waals surface area contributed by atoms with Gasteiger partial charge in [0.15, 0.2) is 0 Å². The Hall–Kier alpha value is -2.91. The van der Waals surface area contributed by atoms with Gasteiger partial charge >= 0.3 is 0 Å². The number of carbonyl (C=O) groups excluding carboxylic acids is 2. The summed E-state index contributed by atoms with van der Waals surface area (Å²) in [5.74, 6) is -1.55. The molecule has 3 rings (SSSR count). The lowest BCUT2D eigenvalue weighted by Gasteiger charge is -2.39. The van der Waals surface area contributed by atoms with E-state index in [9.17, 15) is 18.0 Å². The Morgan fingerprint density at radius 2 is 1.85 bits per heavy atom. The van der Waals surface area contributed by atoms with Crippen LogP contribution < -0.4 is 15.1 Å². The van der Waals surface area contributed by atoms with E-state index in [0.717, 1.165) is 4.31 Å². The highest BCUT2D eigenvalue weighted by Crippen LogP contribution is 2.38. The first-order chi connectivity index (χ1) is 12.8. The molecule has 0 saturated heterocycles. The molecule has 0 unspecified atom stereocenters. The molecule has 0 fully saturated rings. The molecule has 2 aromatic carbocycles. The van der Waals surface area contributed by atoms with Gasteiger partial charge in [0.05, 0.1) is 16.3 Å². The standard InChI is InChI=1S/C18H19N3O5S/c1-11(2)16-18(23)19-14-10-12(17(22)20-24)8-9-15(14)21(16)27(25,26)13-6-4-3-5-7-13/h3-11,16,24H,1-2H3,(H,19,23)(H,20,22)/t16-/m0/s1. The molecule has 3 N–H and O–H groups in total. The molecule has 2 amide bonds. The maximum Gasteiger partial charge on any atom is 0.274 e. The van der Waals surface area contributed by atoms with Crippen molar-refractivity contribution in [2.45, 2.75) is 24.8 Å². The number of nitrogens with one attached hydrogen (secondary N) is 2. The van der Waals surface area contributed by atoms with Crippen LogP contribution in [-0.4, -0.2) is 31.5 Å². The van der Waals surface area contributed by atoms with Gasteiger partial charge in [-0.15, -0.1) is 0 Å². The van der Waals surface area contributed by atoms with Gasteiger partial charge in [-0.1, -0.05) is 32.0 Å². The van der Waals surface area contributed by atoms with E-state index >= 15 is 0 Å². The third-order valence-corrected chi connectivity index (χ3v) is 6.12. The molecule has 1 heterocycles. The van der Waals surface area contributed by atoms with Crippen LogP contribution in [0.25, 0.3) is 0 Å². The predicted molar refractivity (Wildman–Crippen MR) is 99.1 cm³/mol. The zero-order valence-corrected chi connectivity index (χ0v) is 15.5. The van der Waals surface area contributed by atoms with Crippen LogP contribution >= 0.6 is 0 Å². The van der Waals surface area contributed by atoms with E-state index in [2.05, 4.69) is 5.32 Å². The number of fused-ring (bicyclic) bond motifs is 1. The topological polar surface area (TPSA) is 116 Å². The smallest absolute Gasteiger partial charge is 0.274 e. The van der Waals surface area contributed by atoms with Crippen molar-refractivity contribution in [3.05, 3.63) is 54.1 Å². The molecule has 9 heteroatoms. The minimum atomic E-state index is -4.02. The number of sulfonamides is 1. The van der Waals surface area contributed by atoms with Crippen molar-refractivity contribution in [2.75, 3.05) is 9.62 Å². The molecular formula is C18H19N3O5S. The van der Waals surface area contributed by atoms with E-state index in [1.807, 2.05) is 0 Å². The summed E-state index contributed by atoms with van der Waals surface area (Å²) in [6.45, 7) is 3.52. The van der Waals surface area contributed by atoms with Gasteiger partial charge in [-0.3, -0.25) is 19.1 Å². The third kappa shape index (κ3) is 3.26. The molecule has 0 bridgehead atoms. The van der Waals surface area contributed by atoms with Crippen LogP contribution in [0.1, 0.15) is 24.2 Å². The van der Waals surface area contributed by atoms with E-state index in [4.69, 9.17) is 5.21 Å². The lowest BCUT2D eigenvalue weighted by atomic mass is 9.99. The van der Waals surface area contributed by atoms with Gasteiger partial charge < -0.3 is 5.32 Å². The molecule has 27 heavy (non-hydrogen) atoms. The second-order valence-corrected chi connectivity index (χ2v) is 8.28. The lowest BCUT2D eigenvalue weighted by molar-refractivity contribution is -0.118. The maximum absolute atomic E-state index is 13.3. The molecule has 1 aliphatic heterocycles. The molecule has 1 aliphatic rings. The average Bonchev–Trinajstić information content (AvgIpc) is 2.66. The summed E-state index contributed by atoms with van der Waals surface area (Å²) in [7, 11) is -4.02. The Morgan fingerprint density at radius 1 is 1.19 bits per heavy atom. The van der Waals surface area contributed by atoms with Crippen LogP contribution in [0.15, 0.2) is 53.4 Å². The largest absolute Gasteiger partial charge is 0.322 e. The van der Waals surface area contributed by atoms with Crippen molar-refractivity contribution in [1.29, 1.82) is 0 Å². The normalized spacial score (nSPS) is 16.7. The first-order valence-corrected chi connectivity index (χ1v) is 9.70. The van der Waals surface area contributed by atoms with Crippen molar-refractivity contribution >= 4 is 33.2 Å². The van der Waals surface area contributed by atoms with Gasteiger partial charge in [0.2, 0.25) is 5.91 Å². The third-order valence-electron chi connectivity index (χ3n) is 4.31. The minimum absolute atomic E-state index is 0.0634. The van der Waals surface area contributed by atoms with Gasteiger partial charge in [-0.25, -0.2) is 13.9 Å². The summed E-state index contributed by atoms with van der Waals surface area (Å²) in [6.07, 6.45) is 0. The predicted octanol–water partition coefficient (Wildman–Crippen LogP) is 1.98. The molecule has 1 atom stereocenters. The number of rotatable bonds is 4. The van der Waals surface area contributed by atoms with Gasteiger partial charge in [0, 0.05) is 5.56 Å². The van der Waals surface area contributed by atoms with E-state index in [1.54, 1.807) is 32.0 Å². The molecule has 0 aliphatic carbocycles. The molecular weight excluding hydrogens is 370 g/mol. The summed E-state index contributed by atoms with van der Waals surface area (Å²) < 4.78 is 27.7. The van der Waals surface area contributed by atoms with Gasteiger partial charge in [-0.2, -0.15) is 0 Å². The summed E-state index contributed by atoms with van der Waals surface area (Å²) in [5.41, 5.74) is 2.02. The van der Waals surface area contributed by atoms with Gasteiger partial charge in [0.25, 0.3) is 15.9 Å². The molecule has 0 saturated carbocycles. The number of hydrogen-bond donors (Lipinski definition) is 3. The van der Waals surface area contributed by atoms with E-state index in [0.29, 0.717) is 0 Å². The van der Waals surface area contributed by atoms with Gasteiger partial charge in [0.1, 0.15) is 6.04 Å². The second kappa shape index (κ2) is 7.01. The minimum Gasteiger partial charge on any atom is -0.322 e. The quantitative estimate of drug-likeness (QED) is 0.546. The highest BCUT2D eigenvalue weighted by molar-refractivity contribution is 7.93. The number of anilines is 2. The zero-order valence-electron chi connectivity index (χ0n) is 14.7. The van der Waals surface area contributed by atoms with Crippen molar-refractivity contribution < 1.29 is 23.2 Å². The van der Waals surface area contributed by atoms with Crippen LogP contribution in [0, 0.1) is 5.92 Å². The number of hydroxylamine groups is 1. The Bertz CT molecular complexity index is 989. The molecule has 0 radical (unpaired) electrons. The monoisotopic (exact) mass is 389 g/mol. The van der Waals surface area contributed by atoms with Crippen LogP contribution in [0.2, 0.25) is 0 Å². The fraction of sp³-hybridized carbons (Fsp3) is 0.222. The fourth-order valence-electron chi connectivity index (χ4n) is 3.06. The van der Waals surface area contributed by atoms with Crippen molar-refractivity contribution in [3.8, 4) is 0 Å². The first kappa shape index (κ1) is 18.9. The Morgan fingerprint density at radius 3 is 2.44 bits per heavy atom. The highest BCUT2D eigenvalue weighted by atomic mass is 32.2. The van der Waals surface area contributed by atoms with E-state index < -0.39 is 27.9 Å². The van der Waals surface area contributed by atoms with Crippen molar-refractivity contribution in [2.24, 2.45) is 5.92 Å². The lowest BCUT2D eigenvalue weighted by Crippen LogP contribution is -2.53. The number of carbonyl (C=O) groups is 2.